The second-order valence-electron chi connectivity index (χ2n) is 5.10. The van der Waals surface area contributed by atoms with E-state index < -0.39 is 0 Å². The normalized spacial score (nSPS) is 10.6. The standard InChI is InChI=1S/C18H24N2O/c19-13-5-9-15-7-1-3-11-17(15)21-18-12-4-2-8-16(18)10-6-14-20/h1-4,7-8,11-12H,5-6,9-10,13-14,19-20H2. The zero-order valence-electron chi connectivity index (χ0n) is 12.4. The zero-order chi connectivity index (χ0) is 14.9. The van der Waals surface area contributed by atoms with Crippen LogP contribution in [0.25, 0.3) is 0 Å². The van der Waals surface area contributed by atoms with Crippen LogP contribution in [0.3, 0.4) is 0 Å². The van der Waals surface area contributed by atoms with Gasteiger partial charge in [-0.1, -0.05) is 36.4 Å². The van der Waals surface area contributed by atoms with Gasteiger partial charge in [0.15, 0.2) is 0 Å². The average molecular weight is 284 g/mol. The maximum atomic E-state index is 6.15. The molecule has 112 valence electrons. The van der Waals surface area contributed by atoms with Crippen molar-refractivity contribution >= 4 is 0 Å². The number of para-hydroxylation sites is 2. The number of hydrogen-bond donors (Lipinski definition) is 2. The summed E-state index contributed by atoms with van der Waals surface area (Å²) in [5, 5.41) is 0. The summed E-state index contributed by atoms with van der Waals surface area (Å²) >= 11 is 0. The summed E-state index contributed by atoms with van der Waals surface area (Å²) < 4.78 is 6.15. The van der Waals surface area contributed by atoms with Crippen molar-refractivity contribution < 1.29 is 4.74 Å². The molecule has 0 amide bonds. The molecule has 0 saturated heterocycles. The highest BCUT2D eigenvalue weighted by Crippen LogP contribution is 2.29. The van der Waals surface area contributed by atoms with Gasteiger partial charge in [-0.25, -0.2) is 0 Å². The molecule has 0 heterocycles. The minimum absolute atomic E-state index is 0.696. The van der Waals surface area contributed by atoms with Crippen molar-refractivity contribution in [2.75, 3.05) is 13.1 Å². The van der Waals surface area contributed by atoms with E-state index >= 15 is 0 Å². The van der Waals surface area contributed by atoms with Crippen LogP contribution in [0.2, 0.25) is 0 Å². The zero-order valence-corrected chi connectivity index (χ0v) is 12.4. The number of nitrogens with two attached hydrogens (primary N) is 2. The topological polar surface area (TPSA) is 61.3 Å². The van der Waals surface area contributed by atoms with E-state index in [9.17, 15) is 0 Å². The molecule has 2 aromatic carbocycles. The van der Waals surface area contributed by atoms with Gasteiger partial charge in [0.05, 0.1) is 0 Å². The van der Waals surface area contributed by atoms with Gasteiger partial charge in [0, 0.05) is 0 Å². The summed E-state index contributed by atoms with van der Waals surface area (Å²) in [5.41, 5.74) is 13.6. The van der Waals surface area contributed by atoms with Gasteiger partial charge in [-0.3, -0.25) is 0 Å². The fourth-order valence-corrected chi connectivity index (χ4v) is 2.32. The minimum atomic E-state index is 0.696. The second kappa shape index (κ2) is 8.45. The summed E-state index contributed by atoms with van der Waals surface area (Å²) in [6.45, 7) is 1.39. The average Bonchev–Trinajstić information content (AvgIpc) is 2.53. The quantitative estimate of drug-likeness (QED) is 0.782. The number of aryl methyl sites for hydroxylation is 2. The Hall–Kier alpha value is -1.84. The van der Waals surface area contributed by atoms with Gasteiger partial charge in [0.25, 0.3) is 0 Å². The third-order valence-corrected chi connectivity index (χ3v) is 3.47. The molecular weight excluding hydrogens is 260 g/mol. The molecular formula is C18H24N2O. The fourth-order valence-electron chi connectivity index (χ4n) is 2.32. The monoisotopic (exact) mass is 284 g/mol. The highest BCUT2D eigenvalue weighted by Gasteiger charge is 2.07. The number of rotatable bonds is 8. The Bertz CT molecular complexity index is 505. The smallest absolute Gasteiger partial charge is 0.130 e. The molecule has 0 aromatic heterocycles. The van der Waals surface area contributed by atoms with E-state index in [-0.39, 0.29) is 0 Å². The van der Waals surface area contributed by atoms with Crippen molar-refractivity contribution in [2.45, 2.75) is 25.7 Å². The van der Waals surface area contributed by atoms with Crippen LogP contribution < -0.4 is 16.2 Å². The second-order valence-corrected chi connectivity index (χ2v) is 5.10. The lowest BCUT2D eigenvalue weighted by Gasteiger charge is -2.14. The van der Waals surface area contributed by atoms with Gasteiger partial charge >= 0.3 is 0 Å². The van der Waals surface area contributed by atoms with Gasteiger partial charge in [-0.2, -0.15) is 0 Å². The molecule has 0 atom stereocenters. The Morgan fingerprint density at radius 1 is 0.667 bits per heavy atom. The number of ether oxygens (including phenoxy) is 1. The van der Waals surface area contributed by atoms with E-state index in [1.165, 1.54) is 11.1 Å². The number of benzene rings is 2. The Morgan fingerprint density at radius 3 is 1.52 bits per heavy atom. The molecule has 0 aliphatic rings. The van der Waals surface area contributed by atoms with E-state index in [0.29, 0.717) is 13.1 Å². The van der Waals surface area contributed by atoms with Crippen molar-refractivity contribution in [3.63, 3.8) is 0 Å². The molecule has 0 spiro atoms. The van der Waals surface area contributed by atoms with E-state index in [1.54, 1.807) is 0 Å². The Morgan fingerprint density at radius 2 is 1.10 bits per heavy atom. The molecule has 2 rings (SSSR count). The third kappa shape index (κ3) is 4.59. The summed E-state index contributed by atoms with van der Waals surface area (Å²) in [6, 6.07) is 16.3. The van der Waals surface area contributed by atoms with Gasteiger partial charge in [0.1, 0.15) is 11.5 Å². The SMILES string of the molecule is NCCCc1ccccc1Oc1ccccc1CCCN. The molecule has 0 saturated carbocycles. The van der Waals surface area contributed by atoms with Crippen molar-refractivity contribution in [1.82, 2.24) is 0 Å². The molecule has 2 aromatic rings. The van der Waals surface area contributed by atoms with Gasteiger partial charge < -0.3 is 16.2 Å². The Kier molecular flexibility index (Phi) is 6.25. The van der Waals surface area contributed by atoms with Gasteiger partial charge in [0.2, 0.25) is 0 Å². The molecule has 0 bridgehead atoms. The molecule has 0 unspecified atom stereocenters. The maximum Gasteiger partial charge on any atom is 0.130 e. The first-order chi connectivity index (χ1) is 10.3. The molecule has 4 N–H and O–H groups in total. The highest BCUT2D eigenvalue weighted by atomic mass is 16.5. The maximum absolute atomic E-state index is 6.15. The lowest BCUT2D eigenvalue weighted by Crippen LogP contribution is -2.03. The van der Waals surface area contributed by atoms with Crippen LogP contribution in [0.1, 0.15) is 24.0 Å². The van der Waals surface area contributed by atoms with Crippen molar-refractivity contribution in [2.24, 2.45) is 11.5 Å². The van der Waals surface area contributed by atoms with Crippen LogP contribution in [0, 0.1) is 0 Å². The van der Waals surface area contributed by atoms with Crippen LogP contribution in [-0.4, -0.2) is 13.1 Å². The van der Waals surface area contributed by atoms with Crippen molar-refractivity contribution in [3.05, 3.63) is 59.7 Å². The van der Waals surface area contributed by atoms with Crippen LogP contribution in [0.15, 0.2) is 48.5 Å². The molecule has 0 radical (unpaired) electrons. The van der Waals surface area contributed by atoms with Gasteiger partial charge in [-0.15, -0.1) is 0 Å². The highest BCUT2D eigenvalue weighted by molar-refractivity contribution is 5.41. The van der Waals surface area contributed by atoms with Crippen LogP contribution in [-0.2, 0) is 12.8 Å². The lowest BCUT2D eigenvalue weighted by atomic mass is 10.1. The molecule has 3 nitrogen and oxygen atoms in total. The minimum Gasteiger partial charge on any atom is -0.457 e. The lowest BCUT2D eigenvalue weighted by molar-refractivity contribution is 0.468. The Labute approximate surface area is 126 Å². The summed E-state index contributed by atoms with van der Waals surface area (Å²) in [6.07, 6.45) is 3.82. The van der Waals surface area contributed by atoms with Gasteiger partial charge in [-0.05, 0) is 62.0 Å². The molecule has 0 fully saturated rings. The largest absolute Gasteiger partial charge is 0.457 e. The Balaban J connectivity index is 2.18. The summed E-state index contributed by atoms with van der Waals surface area (Å²) in [5.74, 6) is 1.84. The van der Waals surface area contributed by atoms with E-state index in [1.807, 2.05) is 36.4 Å². The first-order valence-corrected chi connectivity index (χ1v) is 7.59. The predicted octanol–water partition coefficient (Wildman–Crippen LogP) is 3.26. The van der Waals surface area contributed by atoms with E-state index in [4.69, 9.17) is 16.2 Å². The third-order valence-electron chi connectivity index (χ3n) is 3.47. The molecule has 3 heteroatoms. The van der Waals surface area contributed by atoms with E-state index in [2.05, 4.69) is 12.1 Å². The van der Waals surface area contributed by atoms with Crippen molar-refractivity contribution in [3.8, 4) is 11.5 Å². The molecule has 21 heavy (non-hydrogen) atoms. The molecule has 0 aliphatic carbocycles. The summed E-state index contributed by atoms with van der Waals surface area (Å²) in [7, 11) is 0. The molecule has 0 aliphatic heterocycles. The van der Waals surface area contributed by atoms with Crippen molar-refractivity contribution in [1.29, 1.82) is 0 Å². The van der Waals surface area contributed by atoms with Crippen LogP contribution >= 0.6 is 0 Å². The first kappa shape index (κ1) is 15.5. The summed E-state index contributed by atoms with van der Waals surface area (Å²) in [4.78, 5) is 0. The van der Waals surface area contributed by atoms with Crippen LogP contribution in [0.4, 0.5) is 0 Å². The van der Waals surface area contributed by atoms with E-state index in [0.717, 1.165) is 37.2 Å². The number of hydrogen-bond acceptors (Lipinski definition) is 3. The van der Waals surface area contributed by atoms with Crippen LogP contribution in [0.5, 0.6) is 11.5 Å². The fraction of sp³-hybridized carbons (Fsp3) is 0.333. The first-order valence-electron chi connectivity index (χ1n) is 7.59. The predicted molar refractivity (Wildman–Crippen MR) is 87.7 cm³/mol.